The maximum atomic E-state index is 13.6. The molecule has 2 aromatic rings. The second kappa shape index (κ2) is 9.31. The molecule has 2 amide bonds. The first-order valence-electron chi connectivity index (χ1n) is 11.1. The fourth-order valence-corrected chi connectivity index (χ4v) is 4.73. The highest BCUT2D eigenvalue weighted by atomic mass is 35.5. The number of carbonyl (C=O) groups is 2. The van der Waals surface area contributed by atoms with Crippen LogP contribution in [0.2, 0.25) is 5.02 Å². The van der Waals surface area contributed by atoms with Crippen molar-refractivity contribution in [3.63, 3.8) is 0 Å². The van der Waals surface area contributed by atoms with Gasteiger partial charge in [-0.25, -0.2) is 0 Å². The summed E-state index contributed by atoms with van der Waals surface area (Å²) >= 11 is 6.14. The quantitative estimate of drug-likeness (QED) is 0.723. The first kappa shape index (κ1) is 21.7. The molecule has 2 aliphatic heterocycles. The predicted molar refractivity (Wildman–Crippen MR) is 124 cm³/mol. The summed E-state index contributed by atoms with van der Waals surface area (Å²) in [5.41, 5.74) is 3.40. The summed E-state index contributed by atoms with van der Waals surface area (Å²) in [5, 5.41) is 0.719. The second-order valence-electron chi connectivity index (χ2n) is 8.90. The van der Waals surface area contributed by atoms with Crippen LogP contribution in [0.5, 0.6) is 0 Å². The molecule has 6 heteroatoms. The van der Waals surface area contributed by atoms with E-state index in [9.17, 15) is 9.59 Å². The number of amides is 2. The van der Waals surface area contributed by atoms with Crippen LogP contribution < -0.4 is 4.90 Å². The molecule has 0 aromatic heterocycles. The molecular weight excluding hydrogens is 410 g/mol. The van der Waals surface area contributed by atoms with E-state index in [0.29, 0.717) is 32.5 Å². The van der Waals surface area contributed by atoms with Gasteiger partial charge >= 0.3 is 0 Å². The minimum absolute atomic E-state index is 0.0670. The van der Waals surface area contributed by atoms with Gasteiger partial charge in [0.2, 0.25) is 11.8 Å². The molecule has 31 heavy (non-hydrogen) atoms. The number of rotatable bonds is 4. The van der Waals surface area contributed by atoms with Gasteiger partial charge in [0.05, 0.1) is 0 Å². The highest BCUT2D eigenvalue weighted by Crippen LogP contribution is 2.27. The number of carbonyl (C=O) groups excluding carboxylic acids is 2. The van der Waals surface area contributed by atoms with E-state index >= 15 is 0 Å². The molecule has 0 spiro atoms. The van der Waals surface area contributed by atoms with Gasteiger partial charge < -0.3 is 14.7 Å². The Kier molecular flexibility index (Phi) is 6.51. The van der Waals surface area contributed by atoms with E-state index in [1.54, 1.807) is 0 Å². The molecule has 1 atom stereocenters. The Morgan fingerprint density at radius 1 is 1.00 bits per heavy atom. The van der Waals surface area contributed by atoms with Crippen molar-refractivity contribution in [2.24, 2.45) is 5.92 Å². The van der Waals surface area contributed by atoms with Gasteiger partial charge in [-0.3, -0.25) is 9.59 Å². The summed E-state index contributed by atoms with van der Waals surface area (Å²) in [5.74, 6) is 0.402. The summed E-state index contributed by atoms with van der Waals surface area (Å²) in [6, 6.07) is 15.6. The molecule has 0 bridgehead atoms. The van der Waals surface area contributed by atoms with Crippen molar-refractivity contribution < 1.29 is 9.59 Å². The predicted octanol–water partition coefficient (Wildman–Crippen LogP) is 3.99. The molecule has 4 rings (SSSR count). The summed E-state index contributed by atoms with van der Waals surface area (Å²) in [4.78, 5) is 32.6. The Morgan fingerprint density at radius 3 is 2.39 bits per heavy atom. The smallest absolute Gasteiger partial charge is 0.245 e. The van der Waals surface area contributed by atoms with Gasteiger partial charge in [0.15, 0.2) is 0 Å². The zero-order valence-corrected chi connectivity index (χ0v) is 19.0. The van der Waals surface area contributed by atoms with E-state index in [4.69, 9.17) is 11.6 Å². The number of hydrogen-bond donors (Lipinski definition) is 0. The third kappa shape index (κ3) is 4.87. The van der Waals surface area contributed by atoms with Crippen molar-refractivity contribution in [3.05, 3.63) is 64.7 Å². The lowest BCUT2D eigenvalue weighted by molar-refractivity contribution is -0.147. The fraction of sp³-hybridized carbons (Fsp3) is 0.440. The third-order valence-corrected chi connectivity index (χ3v) is 6.44. The Labute approximate surface area is 189 Å². The maximum Gasteiger partial charge on any atom is 0.245 e. The average molecular weight is 440 g/mol. The first-order chi connectivity index (χ1) is 14.9. The highest BCUT2D eigenvalue weighted by Gasteiger charge is 2.37. The van der Waals surface area contributed by atoms with E-state index in [-0.39, 0.29) is 17.7 Å². The van der Waals surface area contributed by atoms with Gasteiger partial charge in [0.1, 0.15) is 6.04 Å². The maximum absolute atomic E-state index is 13.6. The van der Waals surface area contributed by atoms with Crippen LogP contribution in [0.1, 0.15) is 31.4 Å². The number of benzene rings is 2. The normalized spacial score (nSPS) is 18.8. The molecule has 2 aliphatic rings. The van der Waals surface area contributed by atoms with Crippen molar-refractivity contribution in [1.82, 2.24) is 9.80 Å². The summed E-state index contributed by atoms with van der Waals surface area (Å²) in [7, 11) is 0. The van der Waals surface area contributed by atoms with Crippen LogP contribution in [0, 0.1) is 5.92 Å². The van der Waals surface area contributed by atoms with Gasteiger partial charge in [0, 0.05) is 56.3 Å². The highest BCUT2D eigenvalue weighted by molar-refractivity contribution is 6.30. The first-order valence-corrected chi connectivity index (χ1v) is 11.5. The lowest BCUT2D eigenvalue weighted by Crippen LogP contribution is -2.57. The van der Waals surface area contributed by atoms with Crippen molar-refractivity contribution >= 4 is 29.1 Å². The lowest BCUT2D eigenvalue weighted by atomic mass is 9.92. The van der Waals surface area contributed by atoms with Crippen LogP contribution in [0.15, 0.2) is 48.5 Å². The van der Waals surface area contributed by atoms with Crippen LogP contribution in [-0.2, 0) is 22.6 Å². The van der Waals surface area contributed by atoms with E-state index in [1.807, 2.05) is 60.0 Å². The molecule has 0 saturated carbocycles. The number of anilines is 1. The van der Waals surface area contributed by atoms with E-state index < -0.39 is 6.04 Å². The molecule has 2 heterocycles. The molecule has 2 aromatic carbocycles. The third-order valence-electron chi connectivity index (χ3n) is 6.20. The van der Waals surface area contributed by atoms with Crippen molar-refractivity contribution in [2.45, 2.75) is 39.3 Å². The minimum atomic E-state index is -0.418. The fourth-order valence-electron chi connectivity index (χ4n) is 4.54. The molecule has 1 fully saturated rings. The monoisotopic (exact) mass is 439 g/mol. The Bertz CT molecular complexity index is 953. The van der Waals surface area contributed by atoms with Gasteiger partial charge in [-0.1, -0.05) is 55.8 Å². The molecule has 0 radical (unpaired) electrons. The summed E-state index contributed by atoms with van der Waals surface area (Å²) in [6.07, 6.45) is 1.06. The van der Waals surface area contributed by atoms with Crippen LogP contribution >= 0.6 is 11.6 Å². The van der Waals surface area contributed by atoms with Crippen LogP contribution in [0.25, 0.3) is 0 Å². The number of hydrogen-bond acceptors (Lipinski definition) is 3. The van der Waals surface area contributed by atoms with Gasteiger partial charge in [0.25, 0.3) is 0 Å². The Hall–Kier alpha value is -2.53. The van der Waals surface area contributed by atoms with Crippen LogP contribution in [0.3, 0.4) is 0 Å². The van der Waals surface area contributed by atoms with E-state index in [2.05, 4.69) is 17.0 Å². The van der Waals surface area contributed by atoms with Crippen molar-refractivity contribution in [2.75, 3.05) is 31.1 Å². The molecule has 0 aliphatic carbocycles. The second-order valence-corrected chi connectivity index (χ2v) is 9.34. The van der Waals surface area contributed by atoms with Crippen LogP contribution in [0.4, 0.5) is 5.69 Å². The van der Waals surface area contributed by atoms with Crippen molar-refractivity contribution in [3.8, 4) is 0 Å². The lowest BCUT2D eigenvalue weighted by Gasteiger charge is -2.42. The van der Waals surface area contributed by atoms with Gasteiger partial charge in [-0.05, 0) is 35.2 Å². The molecular formula is C25H30ClN3O2. The Balaban J connectivity index is 1.48. The van der Waals surface area contributed by atoms with Gasteiger partial charge in [-0.15, -0.1) is 0 Å². The summed E-state index contributed by atoms with van der Waals surface area (Å²) < 4.78 is 0. The standard InChI is InChI=1S/C25H30ClN3O2/c1-18(2)14-24(30)29-17-20-7-4-3-6-19(20)15-23(29)25(31)28-12-10-27(11-13-28)22-9-5-8-21(26)16-22/h3-9,16,18,23H,10-15,17H2,1-2H3. The van der Waals surface area contributed by atoms with Gasteiger partial charge in [-0.2, -0.15) is 0 Å². The zero-order valence-electron chi connectivity index (χ0n) is 18.3. The van der Waals surface area contributed by atoms with Crippen molar-refractivity contribution in [1.29, 1.82) is 0 Å². The average Bonchev–Trinajstić information content (AvgIpc) is 2.77. The van der Waals surface area contributed by atoms with E-state index in [1.165, 1.54) is 5.56 Å². The number of nitrogens with zero attached hydrogens (tertiary/aromatic N) is 3. The zero-order chi connectivity index (χ0) is 22.0. The number of fused-ring (bicyclic) bond motifs is 1. The molecule has 1 saturated heterocycles. The molecule has 1 unspecified atom stereocenters. The molecule has 164 valence electrons. The topological polar surface area (TPSA) is 43.9 Å². The molecule has 5 nitrogen and oxygen atoms in total. The number of halogens is 1. The SMILES string of the molecule is CC(C)CC(=O)N1Cc2ccccc2CC1C(=O)N1CCN(c2cccc(Cl)c2)CC1. The van der Waals surface area contributed by atoms with E-state index in [0.717, 1.165) is 29.4 Å². The minimum Gasteiger partial charge on any atom is -0.368 e. The largest absolute Gasteiger partial charge is 0.368 e. The number of piperazine rings is 1. The Morgan fingerprint density at radius 2 is 1.71 bits per heavy atom. The van der Waals surface area contributed by atoms with Crippen LogP contribution in [-0.4, -0.2) is 53.8 Å². The molecule has 0 N–H and O–H groups in total. The summed E-state index contributed by atoms with van der Waals surface area (Å²) in [6.45, 7) is 7.42.